The molecule has 1 fully saturated rings. The first-order valence-corrected chi connectivity index (χ1v) is 12.7. The molecule has 0 radical (unpaired) electrons. The number of morpholine rings is 1. The molecule has 0 saturated carbocycles. The minimum Gasteiger partial charge on any atom is -0.480 e. The third kappa shape index (κ3) is 4.88. The van der Waals surface area contributed by atoms with Crippen LogP contribution in [0.15, 0.2) is 79.4 Å². The summed E-state index contributed by atoms with van der Waals surface area (Å²) >= 11 is 0. The minimum atomic E-state index is -0.651. The highest BCUT2D eigenvalue weighted by molar-refractivity contribution is 5.97. The van der Waals surface area contributed by atoms with Crippen LogP contribution >= 0.6 is 0 Å². The predicted octanol–water partition coefficient (Wildman–Crippen LogP) is 4.40. The van der Waals surface area contributed by atoms with Crippen LogP contribution < -0.4 is 10.1 Å². The molecule has 0 spiro atoms. The number of hydrogen-bond acceptors (Lipinski definition) is 7. The molecule has 1 atom stereocenters. The van der Waals surface area contributed by atoms with Gasteiger partial charge in [0.05, 0.1) is 36.4 Å². The quantitative estimate of drug-likeness (QED) is 0.348. The molecule has 5 aromatic rings. The summed E-state index contributed by atoms with van der Waals surface area (Å²) in [6.45, 7) is 4.72. The van der Waals surface area contributed by atoms with E-state index < -0.39 is 6.10 Å². The number of hydrogen-bond donors (Lipinski definition) is 1. The molecular weight excluding hydrogens is 480 g/mol. The lowest BCUT2D eigenvalue weighted by Crippen LogP contribution is -2.46. The third-order valence-corrected chi connectivity index (χ3v) is 6.69. The molecule has 3 aromatic heterocycles. The van der Waals surface area contributed by atoms with Crippen molar-refractivity contribution < 1.29 is 14.3 Å². The van der Waals surface area contributed by atoms with E-state index in [1.165, 1.54) is 6.33 Å². The summed E-state index contributed by atoms with van der Waals surface area (Å²) in [5.41, 5.74) is 3.75. The molecule has 4 heterocycles. The van der Waals surface area contributed by atoms with E-state index in [0.717, 1.165) is 33.2 Å². The van der Waals surface area contributed by atoms with Crippen LogP contribution in [0.3, 0.4) is 0 Å². The van der Waals surface area contributed by atoms with Gasteiger partial charge in [0.15, 0.2) is 6.10 Å². The number of ether oxygens (including phenoxy) is 2. The standard InChI is InChI=1S/C29H28N6O3/c1-20(29(36)34-13-15-37-16-14-34)38-26-7-4-6-24-27(26)28(32-19-31-24)33-22-8-9-25-21(17-22)10-12-35(25)18-23-5-2-3-11-30-23/h2-12,17,19-20H,13-16,18H2,1H3,(H,31,32,33)/t20-/m1/s1. The molecule has 1 saturated heterocycles. The number of rotatable bonds is 7. The SMILES string of the molecule is C[C@@H](Oc1cccc2ncnc(Nc3ccc4c(ccn4Cc4ccccn4)c3)c12)C(=O)N1CCOCC1. The summed E-state index contributed by atoms with van der Waals surface area (Å²) in [6.07, 6.45) is 4.76. The van der Waals surface area contributed by atoms with Crippen molar-refractivity contribution in [3.05, 3.63) is 85.1 Å². The Morgan fingerprint density at radius 1 is 1.05 bits per heavy atom. The van der Waals surface area contributed by atoms with Gasteiger partial charge in [0.2, 0.25) is 0 Å². The Morgan fingerprint density at radius 3 is 2.79 bits per heavy atom. The zero-order chi connectivity index (χ0) is 25.9. The van der Waals surface area contributed by atoms with Crippen LogP contribution in [-0.2, 0) is 16.1 Å². The normalized spacial score (nSPS) is 14.5. The summed E-state index contributed by atoms with van der Waals surface area (Å²) in [4.78, 5) is 28.1. The van der Waals surface area contributed by atoms with E-state index in [1.54, 1.807) is 11.8 Å². The molecule has 2 aromatic carbocycles. The first-order valence-electron chi connectivity index (χ1n) is 12.7. The Morgan fingerprint density at radius 2 is 1.95 bits per heavy atom. The molecule has 192 valence electrons. The summed E-state index contributed by atoms with van der Waals surface area (Å²) in [7, 11) is 0. The molecule has 0 aliphatic carbocycles. The van der Waals surface area contributed by atoms with Gasteiger partial charge in [0, 0.05) is 42.1 Å². The highest BCUT2D eigenvalue weighted by atomic mass is 16.5. The maximum atomic E-state index is 12.9. The zero-order valence-electron chi connectivity index (χ0n) is 21.1. The lowest BCUT2D eigenvalue weighted by molar-refractivity contribution is -0.142. The maximum absolute atomic E-state index is 12.9. The van der Waals surface area contributed by atoms with Gasteiger partial charge in [0.25, 0.3) is 5.91 Å². The monoisotopic (exact) mass is 508 g/mol. The number of nitrogens with one attached hydrogen (secondary N) is 1. The van der Waals surface area contributed by atoms with Crippen molar-refractivity contribution in [2.45, 2.75) is 19.6 Å². The van der Waals surface area contributed by atoms with Gasteiger partial charge in [0.1, 0.15) is 17.9 Å². The first-order chi connectivity index (χ1) is 18.7. The molecule has 9 heteroatoms. The fourth-order valence-electron chi connectivity index (χ4n) is 4.77. The van der Waals surface area contributed by atoms with Gasteiger partial charge in [-0.1, -0.05) is 12.1 Å². The summed E-state index contributed by atoms with van der Waals surface area (Å²) in [5.74, 6) is 1.11. The predicted molar refractivity (Wildman–Crippen MR) is 146 cm³/mol. The van der Waals surface area contributed by atoms with Crippen LogP contribution in [0.25, 0.3) is 21.8 Å². The Hall–Kier alpha value is -4.50. The Bertz CT molecular complexity index is 1570. The van der Waals surface area contributed by atoms with Crippen LogP contribution in [0.5, 0.6) is 5.75 Å². The van der Waals surface area contributed by atoms with Gasteiger partial charge < -0.3 is 24.3 Å². The second-order valence-electron chi connectivity index (χ2n) is 9.23. The van der Waals surface area contributed by atoms with Crippen LogP contribution in [0, 0.1) is 0 Å². The number of carbonyl (C=O) groups excluding carboxylic acids is 1. The maximum Gasteiger partial charge on any atom is 0.263 e. The van der Waals surface area contributed by atoms with E-state index in [1.807, 2.05) is 48.7 Å². The molecule has 6 rings (SSSR count). The molecule has 0 bridgehead atoms. The second kappa shape index (κ2) is 10.5. The zero-order valence-corrected chi connectivity index (χ0v) is 21.1. The van der Waals surface area contributed by atoms with Gasteiger partial charge in [-0.25, -0.2) is 9.97 Å². The fraction of sp³-hybridized carbons (Fsp3) is 0.241. The number of carbonyl (C=O) groups is 1. The third-order valence-electron chi connectivity index (χ3n) is 6.69. The summed E-state index contributed by atoms with van der Waals surface area (Å²) < 4.78 is 13.7. The van der Waals surface area contributed by atoms with Crippen molar-refractivity contribution >= 4 is 39.2 Å². The average molecular weight is 509 g/mol. The number of benzene rings is 2. The molecule has 0 unspecified atom stereocenters. The van der Waals surface area contributed by atoms with E-state index in [2.05, 4.69) is 49.2 Å². The first kappa shape index (κ1) is 23.9. The van der Waals surface area contributed by atoms with E-state index >= 15 is 0 Å². The minimum absolute atomic E-state index is 0.0580. The largest absolute Gasteiger partial charge is 0.480 e. The van der Waals surface area contributed by atoms with Crippen LogP contribution in [0.1, 0.15) is 12.6 Å². The van der Waals surface area contributed by atoms with E-state index in [9.17, 15) is 4.79 Å². The van der Waals surface area contributed by atoms with Crippen LogP contribution in [0.4, 0.5) is 11.5 Å². The van der Waals surface area contributed by atoms with Gasteiger partial charge in [-0.15, -0.1) is 0 Å². The molecular formula is C29H28N6O3. The molecule has 1 N–H and O–H groups in total. The number of fused-ring (bicyclic) bond motifs is 2. The van der Waals surface area contributed by atoms with Gasteiger partial charge >= 0.3 is 0 Å². The summed E-state index contributed by atoms with van der Waals surface area (Å²) in [5, 5.41) is 5.27. The van der Waals surface area contributed by atoms with Gasteiger partial charge in [-0.3, -0.25) is 9.78 Å². The number of anilines is 2. The fourth-order valence-corrected chi connectivity index (χ4v) is 4.77. The smallest absolute Gasteiger partial charge is 0.263 e. The number of nitrogens with zero attached hydrogens (tertiary/aromatic N) is 5. The Kier molecular flexibility index (Phi) is 6.58. The van der Waals surface area contributed by atoms with Gasteiger partial charge in [-0.05, 0) is 55.5 Å². The molecule has 1 aliphatic heterocycles. The highest BCUT2D eigenvalue weighted by Crippen LogP contribution is 2.33. The van der Waals surface area contributed by atoms with Crippen LogP contribution in [-0.4, -0.2) is 62.7 Å². The Labute approximate surface area is 220 Å². The van der Waals surface area contributed by atoms with E-state index in [-0.39, 0.29) is 5.91 Å². The molecule has 38 heavy (non-hydrogen) atoms. The lowest BCUT2D eigenvalue weighted by atomic mass is 10.2. The second-order valence-corrected chi connectivity index (χ2v) is 9.23. The molecule has 1 amide bonds. The topological polar surface area (TPSA) is 94.4 Å². The molecule has 9 nitrogen and oxygen atoms in total. The van der Waals surface area contributed by atoms with Crippen molar-refractivity contribution in [3.8, 4) is 5.75 Å². The highest BCUT2D eigenvalue weighted by Gasteiger charge is 2.25. The van der Waals surface area contributed by atoms with E-state index in [0.29, 0.717) is 44.4 Å². The van der Waals surface area contributed by atoms with E-state index in [4.69, 9.17) is 9.47 Å². The molecule has 1 aliphatic rings. The average Bonchev–Trinajstić information content (AvgIpc) is 3.35. The van der Waals surface area contributed by atoms with Crippen molar-refractivity contribution in [3.63, 3.8) is 0 Å². The van der Waals surface area contributed by atoms with Crippen molar-refractivity contribution in [1.29, 1.82) is 0 Å². The Balaban J connectivity index is 1.26. The van der Waals surface area contributed by atoms with Crippen molar-refractivity contribution in [1.82, 2.24) is 24.4 Å². The van der Waals surface area contributed by atoms with Gasteiger partial charge in [-0.2, -0.15) is 0 Å². The summed E-state index contributed by atoms with van der Waals surface area (Å²) in [6, 6.07) is 19.9. The van der Waals surface area contributed by atoms with Crippen molar-refractivity contribution in [2.75, 3.05) is 31.6 Å². The van der Waals surface area contributed by atoms with Crippen molar-refractivity contribution in [2.24, 2.45) is 0 Å². The van der Waals surface area contributed by atoms with Crippen LogP contribution in [0.2, 0.25) is 0 Å². The number of amides is 1. The lowest BCUT2D eigenvalue weighted by Gasteiger charge is -2.29. The number of pyridine rings is 1. The number of aromatic nitrogens is 4.